The Hall–Kier alpha value is -1.67. The second-order valence-electron chi connectivity index (χ2n) is 6.24. The lowest BCUT2D eigenvalue weighted by atomic mass is 10.0. The van der Waals surface area contributed by atoms with Gasteiger partial charge in [0, 0.05) is 17.1 Å². The van der Waals surface area contributed by atoms with Crippen molar-refractivity contribution in [3.05, 3.63) is 36.0 Å². The summed E-state index contributed by atoms with van der Waals surface area (Å²) >= 11 is 0. The summed E-state index contributed by atoms with van der Waals surface area (Å²) in [5.41, 5.74) is -0.0866. The Kier molecular flexibility index (Phi) is 5.19. The van der Waals surface area contributed by atoms with Gasteiger partial charge in [-0.3, -0.25) is 0 Å². The number of rotatable bonds is 4. The highest BCUT2D eigenvalue weighted by Gasteiger charge is 2.44. The molecule has 0 aliphatic carbocycles. The maximum absolute atomic E-state index is 13.6. The van der Waals surface area contributed by atoms with Crippen molar-refractivity contribution >= 4 is 21.8 Å². The van der Waals surface area contributed by atoms with Gasteiger partial charge in [-0.15, -0.1) is 0 Å². The molecule has 1 aromatic carbocycles. The van der Waals surface area contributed by atoms with Crippen LogP contribution in [-0.2, 0) is 11.0 Å². The number of halogens is 3. The van der Waals surface area contributed by atoms with E-state index in [1.807, 2.05) is 0 Å². The molecule has 132 valence electrons. The fourth-order valence-electron chi connectivity index (χ4n) is 2.17. The number of fused-ring (bicyclic) bond motifs is 1. The second-order valence-corrected chi connectivity index (χ2v) is 8.24. The Morgan fingerprint density at radius 3 is 2.25 bits per heavy atom. The zero-order chi connectivity index (χ0) is 18.1. The zero-order valence-electron chi connectivity index (χ0n) is 13.8. The summed E-state index contributed by atoms with van der Waals surface area (Å²) in [7, 11) is -0.488. The Labute approximate surface area is 141 Å². The first-order valence-electron chi connectivity index (χ1n) is 7.22. The predicted octanol–water partition coefficient (Wildman–Crippen LogP) is 3.90. The molecule has 1 unspecified atom stereocenters. The van der Waals surface area contributed by atoms with Crippen molar-refractivity contribution in [3.8, 4) is 5.88 Å². The fraction of sp³-hybridized carbons (Fsp3) is 0.438. The monoisotopic (exact) mass is 360 g/mol. The summed E-state index contributed by atoms with van der Waals surface area (Å²) in [4.78, 5) is 3.97. The standard InChI is InChI=1S/C16H19F3N2O2S/c1-15(2,3)24(22)21-13(16(17,18)19)12-9-20-14(23-4)11-8-6-5-7-10(11)12/h5-9,13,21H,1-4H3/t13?,24-/m1/s1. The molecule has 2 atom stereocenters. The first-order valence-corrected chi connectivity index (χ1v) is 8.37. The molecule has 24 heavy (non-hydrogen) atoms. The maximum Gasteiger partial charge on any atom is 0.408 e. The summed E-state index contributed by atoms with van der Waals surface area (Å²) in [5, 5.41) is 0.820. The molecular weight excluding hydrogens is 341 g/mol. The van der Waals surface area contributed by atoms with Crippen LogP contribution in [0, 0.1) is 0 Å². The van der Waals surface area contributed by atoms with E-state index in [4.69, 9.17) is 4.74 Å². The van der Waals surface area contributed by atoms with E-state index in [1.54, 1.807) is 45.0 Å². The summed E-state index contributed by atoms with van der Waals surface area (Å²) in [6.45, 7) is 4.82. The largest absolute Gasteiger partial charge is 0.481 e. The highest BCUT2D eigenvalue weighted by molar-refractivity contribution is 7.84. The zero-order valence-corrected chi connectivity index (χ0v) is 14.6. The average molecular weight is 360 g/mol. The van der Waals surface area contributed by atoms with Gasteiger partial charge in [0.05, 0.1) is 22.8 Å². The van der Waals surface area contributed by atoms with E-state index in [2.05, 4.69) is 9.71 Å². The summed E-state index contributed by atoms with van der Waals surface area (Å²) in [6, 6.07) is 4.44. The first kappa shape index (κ1) is 18.7. The summed E-state index contributed by atoms with van der Waals surface area (Å²) in [6.07, 6.45) is -3.51. The molecular formula is C16H19F3N2O2S. The number of aromatic nitrogens is 1. The van der Waals surface area contributed by atoms with E-state index in [9.17, 15) is 17.4 Å². The van der Waals surface area contributed by atoms with Gasteiger partial charge in [0.2, 0.25) is 5.88 Å². The van der Waals surface area contributed by atoms with Crippen LogP contribution in [0.3, 0.4) is 0 Å². The summed E-state index contributed by atoms with van der Waals surface area (Å²) < 4.78 is 59.5. The number of hydrogen-bond donors (Lipinski definition) is 1. The van der Waals surface area contributed by atoms with Crippen LogP contribution in [0.2, 0.25) is 0 Å². The van der Waals surface area contributed by atoms with Crippen LogP contribution in [0.4, 0.5) is 13.2 Å². The molecule has 0 saturated heterocycles. The third-order valence-corrected chi connectivity index (χ3v) is 4.96. The molecule has 2 aromatic rings. The molecule has 0 amide bonds. The molecule has 1 heterocycles. The van der Waals surface area contributed by atoms with Crippen molar-refractivity contribution in [1.29, 1.82) is 0 Å². The number of ether oxygens (including phenoxy) is 1. The number of nitrogens with zero attached hydrogens (tertiary/aromatic N) is 1. The van der Waals surface area contributed by atoms with Crippen molar-refractivity contribution in [2.24, 2.45) is 0 Å². The van der Waals surface area contributed by atoms with Gasteiger partial charge in [-0.1, -0.05) is 18.2 Å². The second kappa shape index (κ2) is 6.68. The minimum absolute atomic E-state index is 0.0866. The van der Waals surface area contributed by atoms with Gasteiger partial charge >= 0.3 is 6.18 Å². The van der Waals surface area contributed by atoms with Crippen LogP contribution >= 0.6 is 0 Å². The number of methoxy groups -OCH3 is 1. The minimum atomic E-state index is -4.63. The molecule has 4 nitrogen and oxygen atoms in total. The maximum atomic E-state index is 13.6. The van der Waals surface area contributed by atoms with Crippen LogP contribution in [-0.4, -0.2) is 27.2 Å². The normalized spacial score (nSPS) is 15.3. The smallest absolute Gasteiger partial charge is 0.408 e. The SMILES string of the molecule is COc1ncc(C(N[S@](=O)C(C)(C)C)C(F)(F)F)c2ccccc12. The van der Waals surface area contributed by atoms with Gasteiger partial charge in [0.25, 0.3) is 0 Å². The first-order chi connectivity index (χ1) is 11.1. The Balaban J connectivity index is 2.60. The van der Waals surface area contributed by atoms with E-state index < -0.39 is 28.0 Å². The lowest BCUT2D eigenvalue weighted by Gasteiger charge is -2.27. The summed E-state index contributed by atoms with van der Waals surface area (Å²) in [5.74, 6) is 0.243. The molecule has 8 heteroatoms. The van der Waals surface area contributed by atoms with Crippen molar-refractivity contribution in [1.82, 2.24) is 9.71 Å². The molecule has 0 aliphatic heterocycles. The average Bonchev–Trinajstić information content (AvgIpc) is 2.49. The van der Waals surface area contributed by atoms with Gasteiger partial charge in [-0.25, -0.2) is 13.9 Å². The fourth-order valence-corrected chi connectivity index (χ4v) is 3.00. The van der Waals surface area contributed by atoms with Crippen molar-refractivity contribution in [3.63, 3.8) is 0 Å². The van der Waals surface area contributed by atoms with Crippen LogP contribution in [0.15, 0.2) is 30.5 Å². The third kappa shape index (κ3) is 3.87. The van der Waals surface area contributed by atoms with Gasteiger partial charge in [0.1, 0.15) is 6.04 Å². The van der Waals surface area contributed by atoms with Gasteiger partial charge in [0.15, 0.2) is 0 Å². The van der Waals surface area contributed by atoms with E-state index in [-0.39, 0.29) is 11.4 Å². The highest BCUT2D eigenvalue weighted by atomic mass is 32.2. The number of nitrogens with one attached hydrogen (secondary N) is 1. The molecule has 0 aliphatic rings. The van der Waals surface area contributed by atoms with Crippen LogP contribution in [0.5, 0.6) is 5.88 Å². The lowest BCUT2D eigenvalue weighted by Crippen LogP contribution is -2.41. The van der Waals surface area contributed by atoms with Crippen molar-refractivity contribution < 1.29 is 22.1 Å². The van der Waals surface area contributed by atoms with Crippen LogP contribution in [0.25, 0.3) is 10.8 Å². The molecule has 1 aromatic heterocycles. The highest BCUT2D eigenvalue weighted by Crippen LogP contribution is 2.38. The Morgan fingerprint density at radius 1 is 1.17 bits per heavy atom. The number of pyridine rings is 1. The molecule has 0 bridgehead atoms. The van der Waals surface area contributed by atoms with Crippen molar-refractivity contribution in [2.75, 3.05) is 7.11 Å². The van der Waals surface area contributed by atoms with Crippen LogP contribution < -0.4 is 9.46 Å². The van der Waals surface area contributed by atoms with Crippen LogP contribution in [0.1, 0.15) is 32.4 Å². The van der Waals surface area contributed by atoms with E-state index in [0.29, 0.717) is 10.8 Å². The quantitative estimate of drug-likeness (QED) is 0.900. The van der Waals surface area contributed by atoms with Gasteiger partial charge in [-0.05, 0) is 32.2 Å². The minimum Gasteiger partial charge on any atom is -0.481 e. The molecule has 2 rings (SSSR count). The van der Waals surface area contributed by atoms with E-state index >= 15 is 0 Å². The van der Waals surface area contributed by atoms with Gasteiger partial charge < -0.3 is 4.74 Å². The molecule has 0 saturated carbocycles. The predicted molar refractivity (Wildman–Crippen MR) is 88.1 cm³/mol. The number of alkyl halides is 3. The molecule has 0 fully saturated rings. The lowest BCUT2D eigenvalue weighted by molar-refractivity contribution is -0.152. The third-order valence-electron chi connectivity index (χ3n) is 3.40. The molecule has 1 N–H and O–H groups in total. The molecule has 0 radical (unpaired) electrons. The topological polar surface area (TPSA) is 51.2 Å². The Bertz CT molecular complexity index is 757. The molecule has 0 spiro atoms. The van der Waals surface area contributed by atoms with Gasteiger partial charge in [-0.2, -0.15) is 13.2 Å². The Morgan fingerprint density at radius 2 is 1.75 bits per heavy atom. The van der Waals surface area contributed by atoms with E-state index in [0.717, 1.165) is 6.20 Å². The van der Waals surface area contributed by atoms with Crippen molar-refractivity contribution in [2.45, 2.75) is 37.7 Å². The van der Waals surface area contributed by atoms with E-state index in [1.165, 1.54) is 7.11 Å². The number of hydrogen-bond acceptors (Lipinski definition) is 3. The number of benzene rings is 1.